The second kappa shape index (κ2) is 8.69. The van der Waals surface area contributed by atoms with Crippen LogP contribution in [0.3, 0.4) is 0 Å². The summed E-state index contributed by atoms with van der Waals surface area (Å²) >= 11 is 0. The van der Waals surface area contributed by atoms with Crippen LogP contribution in [-0.4, -0.2) is 23.1 Å². The van der Waals surface area contributed by atoms with E-state index in [1.54, 1.807) is 0 Å². The lowest BCUT2D eigenvalue weighted by atomic mass is 10.1. The molecule has 4 aromatic rings. The highest BCUT2D eigenvalue weighted by molar-refractivity contribution is 5.97. The standard InChI is InChI=1S/C24H25N5O/c1-3-29(20-14-9-11-17-10-5-6-12-18(17)20)24-22(25)23(26-16-27-24)28-19-13-7-8-15-21(19)30-4-2/h5-16H,3-4,25H2,1-2H3,(H,26,27,28). The Morgan fingerprint density at radius 2 is 1.70 bits per heavy atom. The van der Waals surface area contributed by atoms with Gasteiger partial charge in [-0.25, -0.2) is 9.97 Å². The molecule has 0 saturated carbocycles. The van der Waals surface area contributed by atoms with Crippen LogP contribution in [0.25, 0.3) is 10.8 Å². The summed E-state index contributed by atoms with van der Waals surface area (Å²) in [5, 5.41) is 5.63. The molecular formula is C24H25N5O. The lowest BCUT2D eigenvalue weighted by molar-refractivity contribution is 0.342. The Morgan fingerprint density at radius 3 is 2.53 bits per heavy atom. The maximum Gasteiger partial charge on any atom is 0.161 e. The fourth-order valence-electron chi connectivity index (χ4n) is 3.56. The molecule has 152 valence electrons. The summed E-state index contributed by atoms with van der Waals surface area (Å²) in [5.74, 6) is 1.96. The van der Waals surface area contributed by atoms with Crippen molar-refractivity contribution in [1.29, 1.82) is 0 Å². The van der Waals surface area contributed by atoms with Crippen molar-refractivity contribution in [2.24, 2.45) is 0 Å². The van der Waals surface area contributed by atoms with Crippen LogP contribution in [-0.2, 0) is 0 Å². The first-order valence-electron chi connectivity index (χ1n) is 10.1. The van der Waals surface area contributed by atoms with E-state index in [2.05, 4.69) is 57.4 Å². The van der Waals surface area contributed by atoms with E-state index < -0.39 is 0 Å². The molecule has 0 aliphatic carbocycles. The molecule has 0 aliphatic heterocycles. The second-order valence-corrected chi connectivity index (χ2v) is 6.76. The van der Waals surface area contributed by atoms with Crippen molar-refractivity contribution in [3.8, 4) is 5.75 Å². The van der Waals surface area contributed by atoms with Crippen molar-refractivity contribution < 1.29 is 4.74 Å². The molecule has 30 heavy (non-hydrogen) atoms. The number of anilines is 5. The summed E-state index contributed by atoms with van der Waals surface area (Å²) in [4.78, 5) is 11.0. The summed E-state index contributed by atoms with van der Waals surface area (Å²) in [6, 6.07) is 22.3. The number of fused-ring (bicyclic) bond motifs is 1. The van der Waals surface area contributed by atoms with Crippen LogP contribution < -0.4 is 20.7 Å². The highest BCUT2D eigenvalue weighted by Crippen LogP contribution is 2.37. The average molecular weight is 399 g/mol. The predicted molar refractivity (Wildman–Crippen MR) is 124 cm³/mol. The Bertz CT molecular complexity index is 1160. The number of nitrogens with one attached hydrogen (secondary N) is 1. The number of hydrogen-bond acceptors (Lipinski definition) is 6. The summed E-state index contributed by atoms with van der Waals surface area (Å²) in [6.07, 6.45) is 1.53. The monoisotopic (exact) mass is 399 g/mol. The van der Waals surface area contributed by atoms with E-state index in [4.69, 9.17) is 10.5 Å². The second-order valence-electron chi connectivity index (χ2n) is 6.76. The van der Waals surface area contributed by atoms with Crippen molar-refractivity contribution in [2.75, 3.05) is 29.1 Å². The van der Waals surface area contributed by atoms with E-state index in [1.807, 2.05) is 43.3 Å². The highest BCUT2D eigenvalue weighted by atomic mass is 16.5. The van der Waals surface area contributed by atoms with Crippen molar-refractivity contribution in [3.05, 3.63) is 73.1 Å². The fraction of sp³-hybridized carbons (Fsp3) is 0.167. The van der Waals surface area contributed by atoms with Crippen LogP contribution in [0.1, 0.15) is 13.8 Å². The van der Waals surface area contributed by atoms with Gasteiger partial charge in [0, 0.05) is 11.9 Å². The quantitative estimate of drug-likeness (QED) is 0.427. The van der Waals surface area contributed by atoms with Gasteiger partial charge in [-0.1, -0.05) is 48.5 Å². The van der Waals surface area contributed by atoms with Gasteiger partial charge in [-0.3, -0.25) is 0 Å². The van der Waals surface area contributed by atoms with Gasteiger partial charge >= 0.3 is 0 Å². The van der Waals surface area contributed by atoms with E-state index in [9.17, 15) is 0 Å². The summed E-state index contributed by atoms with van der Waals surface area (Å²) in [5.41, 5.74) is 8.89. The van der Waals surface area contributed by atoms with Gasteiger partial charge in [0.05, 0.1) is 18.0 Å². The third kappa shape index (κ3) is 3.72. The number of para-hydroxylation sites is 2. The Hall–Kier alpha value is -3.80. The molecule has 0 saturated heterocycles. The van der Waals surface area contributed by atoms with Crippen molar-refractivity contribution in [1.82, 2.24) is 9.97 Å². The number of nitrogens with zero attached hydrogens (tertiary/aromatic N) is 3. The molecule has 0 spiro atoms. The van der Waals surface area contributed by atoms with Crippen LogP contribution in [0, 0.1) is 0 Å². The Kier molecular flexibility index (Phi) is 5.66. The average Bonchev–Trinajstić information content (AvgIpc) is 2.78. The molecule has 1 heterocycles. The zero-order valence-electron chi connectivity index (χ0n) is 17.2. The molecule has 0 amide bonds. The van der Waals surface area contributed by atoms with Gasteiger partial charge in [-0.05, 0) is 37.4 Å². The van der Waals surface area contributed by atoms with E-state index in [0.717, 1.165) is 22.5 Å². The normalized spacial score (nSPS) is 10.7. The topological polar surface area (TPSA) is 76.3 Å². The molecule has 0 atom stereocenters. The molecule has 3 aromatic carbocycles. The minimum atomic E-state index is 0.485. The largest absolute Gasteiger partial charge is 0.492 e. The maximum atomic E-state index is 6.54. The van der Waals surface area contributed by atoms with E-state index >= 15 is 0 Å². The maximum absolute atomic E-state index is 6.54. The van der Waals surface area contributed by atoms with Crippen molar-refractivity contribution in [2.45, 2.75) is 13.8 Å². The zero-order chi connectivity index (χ0) is 20.9. The number of hydrogen-bond donors (Lipinski definition) is 2. The van der Waals surface area contributed by atoms with E-state index in [-0.39, 0.29) is 0 Å². The summed E-state index contributed by atoms with van der Waals surface area (Å²) in [7, 11) is 0. The molecule has 0 unspecified atom stereocenters. The van der Waals surface area contributed by atoms with Gasteiger partial charge < -0.3 is 20.7 Å². The number of nitrogens with two attached hydrogens (primary N) is 1. The molecular weight excluding hydrogens is 374 g/mol. The van der Waals surface area contributed by atoms with Gasteiger partial charge in [0.2, 0.25) is 0 Å². The van der Waals surface area contributed by atoms with Crippen LogP contribution >= 0.6 is 0 Å². The lowest BCUT2D eigenvalue weighted by Gasteiger charge is -2.25. The van der Waals surface area contributed by atoms with Gasteiger partial charge in [0.1, 0.15) is 17.8 Å². The highest BCUT2D eigenvalue weighted by Gasteiger charge is 2.18. The molecule has 0 radical (unpaired) electrons. The molecule has 6 heteroatoms. The first-order valence-corrected chi connectivity index (χ1v) is 10.1. The lowest BCUT2D eigenvalue weighted by Crippen LogP contribution is -2.20. The van der Waals surface area contributed by atoms with Gasteiger partial charge in [0.25, 0.3) is 0 Å². The number of benzene rings is 3. The van der Waals surface area contributed by atoms with Crippen LogP contribution in [0.4, 0.5) is 28.7 Å². The molecule has 0 fully saturated rings. The third-order valence-corrected chi connectivity index (χ3v) is 4.93. The first-order chi connectivity index (χ1) is 14.7. The molecule has 3 N–H and O–H groups in total. The molecule has 0 bridgehead atoms. The van der Waals surface area contributed by atoms with Crippen LogP contribution in [0.15, 0.2) is 73.1 Å². The van der Waals surface area contributed by atoms with Gasteiger partial charge in [-0.15, -0.1) is 0 Å². The number of ether oxygens (including phenoxy) is 1. The zero-order valence-corrected chi connectivity index (χ0v) is 17.2. The Labute approximate surface area is 176 Å². The molecule has 6 nitrogen and oxygen atoms in total. The predicted octanol–water partition coefficient (Wildman–Crippen LogP) is 5.51. The molecule has 4 rings (SSSR count). The van der Waals surface area contributed by atoms with Crippen LogP contribution in [0.2, 0.25) is 0 Å². The first kappa shape index (κ1) is 19.5. The third-order valence-electron chi connectivity index (χ3n) is 4.93. The Morgan fingerprint density at radius 1 is 0.933 bits per heavy atom. The van der Waals surface area contributed by atoms with Crippen molar-refractivity contribution in [3.63, 3.8) is 0 Å². The Balaban J connectivity index is 1.75. The van der Waals surface area contributed by atoms with E-state index in [0.29, 0.717) is 30.5 Å². The number of nitrogen functional groups attached to an aromatic ring is 1. The van der Waals surface area contributed by atoms with Crippen LogP contribution in [0.5, 0.6) is 5.75 Å². The van der Waals surface area contributed by atoms with Gasteiger partial charge in [-0.2, -0.15) is 0 Å². The minimum absolute atomic E-state index is 0.485. The van der Waals surface area contributed by atoms with Crippen molar-refractivity contribution >= 4 is 39.5 Å². The smallest absolute Gasteiger partial charge is 0.161 e. The summed E-state index contributed by atoms with van der Waals surface area (Å²) < 4.78 is 5.71. The minimum Gasteiger partial charge on any atom is -0.492 e. The number of aromatic nitrogens is 2. The van der Waals surface area contributed by atoms with E-state index in [1.165, 1.54) is 11.7 Å². The SMILES string of the molecule is CCOc1ccccc1Nc1ncnc(N(CC)c2cccc3ccccc23)c1N. The molecule has 1 aromatic heterocycles. The molecule has 0 aliphatic rings. The number of rotatable bonds is 7. The van der Waals surface area contributed by atoms with Gasteiger partial charge in [0.15, 0.2) is 11.6 Å². The summed E-state index contributed by atoms with van der Waals surface area (Å²) in [6.45, 7) is 5.33. The fourth-order valence-corrected chi connectivity index (χ4v) is 3.56.